The summed E-state index contributed by atoms with van der Waals surface area (Å²) in [6, 6.07) is 6.06. The zero-order chi connectivity index (χ0) is 10.4. The van der Waals surface area contributed by atoms with Crippen molar-refractivity contribution < 1.29 is 4.74 Å². The van der Waals surface area contributed by atoms with E-state index in [-0.39, 0.29) is 0 Å². The Morgan fingerprint density at radius 1 is 1.07 bits per heavy atom. The third-order valence-electron chi connectivity index (χ3n) is 2.00. The van der Waals surface area contributed by atoms with Gasteiger partial charge >= 0.3 is 0 Å². The van der Waals surface area contributed by atoms with Crippen LogP contribution in [0, 0.1) is 0 Å². The fourth-order valence-corrected chi connectivity index (χ4v) is 1.41. The molecule has 0 heterocycles. The van der Waals surface area contributed by atoms with Gasteiger partial charge in [-0.05, 0) is 25.5 Å². The van der Waals surface area contributed by atoms with Gasteiger partial charge in [0.1, 0.15) is 5.75 Å². The topological polar surface area (TPSA) is 9.23 Å². The Morgan fingerprint density at radius 3 is 2.36 bits per heavy atom. The van der Waals surface area contributed by atoms with E-state index in [1.54, 1.807) is 7.11 Å². The first-order valence-electron chi connectivity index (χ1n) is 4.76. The van der Waals surface area contributed by atoms with E-state index in [4.69, 9.17) is 4.74 Å². The van der Waals surface area contributed by atoms with E-state index in [2.05, 4.69) is 18.2 Å². The van der Waals surface area contributed by atoms with Gasteiger partial charge in [0.15, 0.2) is 0 Å². The maximum atomic E-state index is 5.30. The highest BCUT2D eigenvalue weighted by Crippen LogP contribution is 2.24. The molecule has 0 aromatic heterocycles. The van der Waals surface area contributed by atoms with Crippen molar-refractivity contribution in [2.24, 2.45) is 0 Å². The fraction of sp³-hybridized carbons (Fsp3) is 0.231. The van der Waals surface area contributed by atoms with Crippen LogP contribution in [0.1, 0.15) is 25.0 Å². The molecule has 0 spiro atoms. The van der Waals surface area contributed by atoms with Crippen molar-refractivity contribution >= 4 is 12.2 Å². The molecule has 0 amide bonds. The number of hydrogen-bond acceptors (Lipinski definition) is 1. The van der Waals surface area contributed by atoms with E-state index in [1.165, 1.54) is 5.56 Å². The Bertz CT molecular complexity index is 348. The van der Waals surface area contributed by atoms with Crippen molar-refractivity contribution in [2.75, 3.05) is 7.11 Å². The lowest BCUT2D eigenvalue weighted by Gasteiger charge is -2.07. The molecule has 0 aliphatic rings. The van der Waals surface area contributed by atoms with E-state index in [1.807, 2.05) is 38.1 Å². The molecule has 0 bridgehead atoms. The lowest BCUT2D eigenvalue weighted by atomic mass is 10.1. The van der Waals surface area contributed by atoms with Gasteiger partial charge in [-0.2, -0.15) is 0 Å². The third kappa shape index (κ3) is 2.25. The number of ether oxygens (including phenoxy) is 1. The molecule has 0 atom stereocenters. The van der Waals surface area contributed by atoms with Crippen LogP contribution in [0.4, 0.5) is 0 Å². The predicted molar refractivity (Wildman–Crippen MR) is 62.4 cm³/mol. The van der Waals surface area contributed by atoms with Crippen molar-refractivity contribution in [1.82, 2.24) is 0 Å². The summed E-state index contributed by atoms with van der Waals surface area (Å²) < 4.78 is 5.30. The summed E-state index contributed by atoms with van der Waals surface area (Å²) in [5.74, 6) is 0.915. The number of benzene rings is 1. The maximum Gasteiger partial charge on any atom is 0.126 e. The minimum absolute atomic E-state index is 0.915. The average molecular weight is 188 g/mol. The van der Waals surface area contributed by atoms with E-state index in [0.717, 1.165) is 11.3 Å². The Balaban J connectivity index is 3.27. The minimum Gasteiger partial charge on any atom is -0.496 e. The van der Waals surface area contributed by atoms with Crippen LogP contribution in [0.5, 0.6) is 5.75 Å². The highest BCUT2D eigenvalue weighted by Gasteiger charge is 2.02. The third-order valence-corrected chi connectivity index (χ3v) is 2.00. The second-order valence-electron chi connectivity index (χ2n) is 2.96. The van der Waals surface area contributed by atoms with Crippen LogP contribution in [0.25, 0.3) is 12.2 Å². The first kappa shape index (κ1) is 10.6. The Labute approximate surface area is 85.7 Å². The summed E-state index contributed by atoms with van der Waals surface area (Å²) in [7, 11) is 1.70. The van der Waals surface area contributed by atoms with Gasteiger partial charge in [0.05, 0.1) is 7.11 Å². The number of hydrogen-bond donors (Lipinski definition) is 0. The summed E-state index contributed by atoms with van der Waals surface area (Å²) in [6.45, 7) is 4.02. The van der Waals surface area contributed by atoms with Gasteiger partial charge in [0.2, 0.25) is 0 Å². The van der Waals surface area contributed by atoms with Gasteiger partial charge in [-0.25, -0.2) is 0 Å². The SMILES string of the molecule is CC=Cc1cccc(OC)c1C=CC. The summed E-state index contributed by atoms with van der Waals surface area (Å²) in [5, 5.41) is 0. The summed E-state index contributed by atoms with van der Waals surface area (Å²) in [6.07, 6.45) is 8.19. The molecule has 0 unspecified atom stereocenters. The molecule has 1 nitrogen and oxygen atoms in total. The van der Waals surface area contributed by atoms with Crippen molar-refractivity contribution in [3.05, 3.63) is 41.5 Å². The first-order valence-corrected chi connectivity index (χ1v) is 4.76. The normalized spacial score (nSPS) is 11.4. The van der Waals surface area contributed by atoms with Crippen molar-refractivity contribution in [1.29, 1.82) is 0 Å². The quantitative estimate of drug-likeness (QED) is 0.701. The highest BCUT2D eigenvalue weighted by atomic mass is 16.5. The van der Waals surface area contributed by atoms with Crippen LogP contribution in [0.15, 0.2) is 30.4 Å². The largest absolute Gasteiger partial charge is 0.496 e. The predicted octanol–water partition coefficient (Wildman–Crippen LogP) is 3.76. The summed E-state index contributed by atoms with van der Waals surface area (Å²) in [5.41, 5.74) is 2.32. The first-order chi connectivity index (χ1) is 6.83. The molecule has 0 aliphatic heterocycles. The highest BCUT2D eigenvalue weighted by molar-refractivity contribution is 5.69. The molecule has 0 fully saturated rings. The molecule has 1 rings (SSSR count). The molecule has 0 saturated carbocycles. The molecular formula is C13H16O. The monoisotopic (exact) mass is 188 g/mol. The van der Waals surface area contributed by atoms with Crippen molar-refractivity contribution in [3.63, 3.8) is 0 Å². The van der Waals surface area contributed by atoms with Crippen molar-refractivity contribution in [3.8, 4) is 5.75 Å². The summed E-state index contributed by atoms with van der Waals surface area (Å²) >= 11 is 0. The smallest absolute Gasteiger partial charge is 0.126 e. The molecule has 0 N–H and O–H groups in total. The van der Waals surface area contributed by atoms with E-state index in [0.29, 0.717) is 0 Å². The Kier molecular flexibility index (Phi) is 3.99. The second kappa shape index (κ2) is 5.28. The van der Waals surface area contributed by atoms with Gasteiger partial charge in [0.25, 0.3) is 0 Å². The number of methoxy groups -OCH3 is 1. The molecule has 1 aromatic rings. The van der Waals surface area contributed by atoms with Crippen molar-refractivity contribution in [2.45, 2.75) is 13.8 Å². The van der Waals surface area contributed by atoms with E-state index in [9.17, 15) is 0 Å². The molecular weight excluding hydrogens is 172 g/mol. The molecule has 14 heavy (non-hydrogen) atoms. The molecule has 0 saturated heterocycles. The second-order valence-corrected chi connectivity index (χ2v) is 2.96. The van der Waals surface area contributed by atoms with Gasteiger partial charge < -0.3 is 4.74 Å². The Morgan fingerprint density at radius 2 is 1.79 bits per heavy atom. The average Bonchev–Trinajstić information content (AvgIpc) is 2.21. The van der Waals surface area contributed by atoms with Gasteiger partial charge in [-0.15, -0.1) is 0 Å². The fourth-order valence-electron chi connectivity index (χ4n) is 1.41. The molecule has 1 aromatic carbocycles. The van der Waals surface area contributed by atoms with Crippen LogP contribution in [0.3, 0.4) is 0 Å². The summed E-state index contributed by atoms with van der Waals surface area (Å²) in [4.78, 5) is 0. The number of allylic oxidation sites excluding steroid dienone is 2. The minimum atomic E-state index is 0.915. The molecule has 74 valence electrons. The van der Waals surface area contributed by atoms with Crippen LogP contribution < -0.4 is 4.74 Å². The maximum absolute atomic E-state index is 5.30. The van der Waals surface area contributed by atoms with Gasteiger partial charge in [-0.1, -0.05) is 36.4 Å². The Hall–Kier alpha value is -1.50. The van der Waals surface area contributed by atoms with E-state index >= 15 is 0 Å². The van der Waals surface area contributed by atoms with Crippen LogP contribution in [-0.4, -0.2) is 7.11 Å². The van der Waals surface area contributed by atoms with Crippen LogP contribution >= 0.6 is 0 Å². The zero-order valence-electron chi connectivity index (χ0n) is 8.95. The number of rotatable bonds is 3. The van der Waals surface area contributed by atoms with Crippen LogP contribution in [0.2, 0.25) is 0 Å². The van der Waals surface area contributed by atoms with Gasteiger partial charge in [0, 0.05) is 5.56 Å². The standard InChI is InChI=1S/C13H16O/c1-4-7-11-9-6-10-13(14-3)12(11)8-5-2/h4-10H,1-3H3. The zero-order valence-corrected chi connectivity index (χ0v) is 8.95. The lowest BCUT2D eigenvalue weighted by molar-refractivity contribution is 0.414. The molecule has 1 heteroatoms. The van der Waals surface area contributed by atoms with E-state index < -0.39 is 0 Å². The van der Waals surface area contributed by atoms with Gasteiger partial charge in [-0.3, -0.25) is 0 Å². The lowest BCUT2D eigenvalue weighted by Crippen LogP contribution is -1.89. The molecule has 0 radical (unpaired) electrons. The molecule has 0 aliphatic carbocycles. The van der Waals surface area contributed by atoms with Crippen LogP contribution in [-0.2, 0) is 0 Å².